The summed E-state index contributed by atoms with van der Waals surface area (Å²) in [5.41, 5.74) is 0.771. The molecular weight excluding hydrogens is 306 g/mol. The minimum absolute atomic E-state index is 0.0550. The van der Waals surface area contributed by atoms with E-state index in [1.807, 2.05) is 13.8 Å². The van der Waals surface area contributed by atoms with Crippen molar-refractivity contribution in [3.63, 3.8) is 0 Å². The second-order valence-corrected chi connectivity index (χ2v) is 6.00. The Morgan fingerprint density at radius 3 is 3.09 bits per heavy atom. The molecule has 3 heterocycles. The molecule has 0 N–H and O–H groups in total. The van der Waals surface area contributed by atoms with Gasteiger partial charge in [-0.25, -0.2) is 0 Å². The average Bonchev–Trinajstić information content (AvgIpc) is 3.13. The Morgan fingerprint density at radius 2 is 2.36 bits per heavy atom. The van der Waals surface area contributed by atoms with E-state index in [-0.39, 0.29) is 17.8 Å². The minimum Gasteiger partial charge on any atom is -0.469 e. The van der Waals surface area contributed by atoms with Crippen molar-refractivity contribution in [1.29, 1.82) is 0 Å². The number of thioether (sulfide) groups is 1. The highest BCUT2D eigenvalue weighted by Crippen LogP contribution is 2.26. The topological polar surface area (TPSA) is 81.6 Å². The lowest BCUT2D eigenvalue weighted by Gasteiger charge is -2.30. The third-order valence-corrected chi connectivity index (χ3v) is 4.21. The SMILES string of the molecule is Cc1occc1-c1nnc(SCC(=O)N2CCOC(C)C2)o1. The number of carbonyl (C=O) groups excluding carboxylic acids is 1. The number of rotatable bonds is 4. The molecule has 1 atom stereocenters. The molecule has 1 aliphatic rings. The summed E-state index contributed by atoms with van der Waals surface area (Å²) >= 11 is 1.24. The summed E-state index contributed by atoms with van der Waals surface area (Å²) in [5, 5.41) is 8.31. The highest BCUT2D eigenvalue weighted by atomic mass is 32.2. The van der Waals surface area contributed by atoms with Gasteiger partial charge in [-0.3, -0.25) is 4.79 Å². The van der Waals surface area contributed by atoms with E-state index in [9.17, 15) is 4.79 Å². The zero-order valence-electron chi connectivity index (χ0n) is 12.4. The molecule has 1 amide bonds. The Labute approximate surface area is 132 Å². The largest absolute Gasteiger partial charge is 0.469 e. The molecule has 0 aromatic carbocycles. The van der Waals surface area contributed by atoms with Crippen LogP contribution in [0.3, 0.4) is 0 Å². The Kier molecular flexibility index (Phi) is 4.49. The monoisotopic (exact) mass is 323 g/mol. The number of morpholine rings is 1. The molecule has 1 fully saturated rings. The quantitative estimate of drug-likeness (QED) is 0.796. The number of ether oxygens (including phenoxy) is 1. The average molecular weight is 323 g/mol. The molecule has 0 bridgehead atoms. The van der Waals surface area contributed by atoms with Gasteiger partial charge in [0, 0.05) is 13.1 Å². The first-order chi connectivity index (χ1) is 10.6. The van der Waals surface area contributed by atoms with Crippen LogP contribution in [0.2, 0.25) is 0 Å². The van der Waals surface area contributed by atoms with Crippen LogP contribution in [0.5, 0.6) is 0 Å². The standard InChI is InChI=1S/C14H17N3O4S/c1-9-7-17(4-6-19-9)12(18)8-22-14-16-15-13(21-14)11-3-5-20-10(11)2/h3,5,9H,4,6-8H2,1-2H3. The number of aromatic nitrogens is 2. The Hall–Kier alpha value is -1.80. The van der Waals surface area contributed by atoms with Crippen molar-refractivity contribution in [2.24, 2.45) is 0 Å². The maximum Gasteiger partial charge on any atom is 0.277 e. The van der Waals surface area contributed by atoms with Gasteiger partial charge in [0.2, 0.25) is 5.91 Å². The van der Waals surface area contributed by atoms with Gasteiger partial charge in [-0.05, 0) is 19.9 Å². The summed E-state index contributed by atoms with van der Waals surface area (Å²) in [6.07, 6.45) is 1.66. The van der Waals surface area contributed by atoms with Crippen molar-refractivity contribution in [3.05, 3.63) is 18.1 Å². The summed E-state index contributed by atoms with van der Waals surface area (Å²) in [5.74, 6) is 1.46. The van der Waals surface area contributed by atoms with Gasteiger partial charge in [-0.1, -0.05) is 11.8 Å². The van der Waals surface area contributed by atoms with Crippen LogP contribution in [0.25, 0.3) is 11.5 Å². The molecule has 1 saturated heterocycles. The summed E-state index contributed by atoms with van der Waals surface area (Å²) in [6.45, 7) is 5.64. The van der Waals surface area contributed by atoms with E-state index in [0.29, 0.717) is 30.8 Å². The number of aryl methyl sites for hydroxylation is 1. The number of amides is 1. The van der Waals surface area contributed by atoms with Crippen molar-refractivity contribution < 1.29 is 18.4 Å². The van der Waals surface area contributed by atoms with Gasteiger partial charge in [-0.15, -0.1) is 10.2 Å². The van der Waals surface area contributed by atoms with Crippen molar-refractivity contribution in [1.82, 2.24) is 15.1 Å². The number of nitrogens with zero attached hydrogens (tertiary/aromatic N) is 3. The molecule has 0 aliphatic carbocycles. The van der Waals surface area contributed by atoms with E-state index in [1.165, 1.54) is 11.8 Å². The molecule has 2 aromatic heterocycles. The van der Waals surface area contributed by atoms with E-state index < -0.39 is 0 Å². The molecule has 1 aliphatic heterocycles. The Balaban J connectivity index is 1.57. The lowest BCUT2D eigenvalue weighted by atomic mass is 10.3. The van der Waals surface area contributed by atoms with Crippen LogP contribution >= 0.6 is 11.8 Å². The molecule has 7 nitrogen and oxygen atoms in total. The first-order valence-electron chi connectivity index (χ1n) is 7.03. The summed E-state index contributed by atoms with van der Waals surface area (Å²) in [6, 6.07) is 1.78. The van der Waals surface area contributed by atoms with E-state index in [2.05, 4.69) is 10.2 Å². The predicted octanol–water partition coefficient (Wildman–Crippen LogP) is 1.98. The Bertz CT molecular complexity index is 654. The lowest BCUT2D eigenvalue weighted by molar-refractivity contribution is -0.135. The maximum atomic E-state index is 12.2. The summed E-state index contributed by atoms with van der Waals surface area (Å²) in [4.78, 5) is 14.0. The fourth-order valence-electron chi connectivity index (χ4n) is 2.24. The van der Waals surface area contributed by atoms with E-state index in [4.69, 9.17) is 13.6 Å². The first kappa shape index (κ1) is 15.1. The zero-order chi connectivity index (χ0) is 15.5. The van der Waals surface area contributed by atoms with Gasteiger partial charge >= 0.3 is 0 Å². The van der Waals surface area contributed by atoms with E-state index >= 15 is 0 Å². The second-order valence-electron chi connectivity index (χ2n) is 5.07. The van der Waals surface area contributed by atoms with Crippen LogP contribution in [0.15, 0.2) is 26.4 Å². The second kappa shape index (κ2) is 6.53. The lowest BCUT2D eigenvalue weighted by Crippen LogP contribution is -2.45. The molecule has 3 rings (SSSR count). The molecule has 2 aromatic rings. The zero-order valence-corrected chi connectivity index (χ0v) is 13.3. The molecule has 8 heteroatoms. The summed E-state index contributed by atoms with van der Waals surface area (Å²) in [7, 11) is 0. The van der Waals surface area contributed by atoms with Crippen LogP contribution in [0.1, 0.15) is 12.7 Å². The minimum atomic E-state index is 0.0550. The van der Waals surface area contributed by atoms with Gasteiger partial charge in [0.05, 0.1) is 30.3 Å². The number of hydrogen-bond acceptors (Lipinski definition) is 7. The van der Waals surface area contributed by atoms with Crippen LogP contribution in [-0.2, 0) is 9.53 Å². The van der Waals surface area contributed by atoms with Gasteiger partial charge in [-0.2, -0.15) is 0 Å². The molecule has 22 heavy (non-hydrogen) atoms. The van der Waals surface area contributed by atoms with Crippen molar-refractivity contribution in [2.75, 3.05) is 25.4 Å². The highest BCUT2D eigenvalue weighted by Gasteiger charge is 2.22. The fraction of sp³-hybridized carbons (Fsp3) is 0.500. The highest BCUT2D eigenvalue weighted by molar-refractivity contribution is 7.99. The predicted molar refractivity (Wildman–Crippen MR) is 79.5 cm³/mol. The smallest absolute Gasteiger partial charge is 0.277 e. The van der Waals surface area contributed by atoms with Gasteiger partial charge in [0.15, 0.2) is 0 Å². The molecule has 1 unspecified atom stereocenters. The molecule has 118 valence electrons. The number of furan rings is 1. The van der Waals surface area contributed by atoms with E-state index in [1.54, 1.807) is 17.2 Å². The van der Waals surface area contributed by atoms with Crippen LogP contribution in [-0.4, -0.2) is 52.6 Å². The van der Waals surface area contributed by atoms with Crippen molar-refractivity contribution in [3.8, 4) is 11.5 Å². The van der Waals surface area contributed by atoms with Crippen LogP contribution in [0.4, 0.5) is 0 Å². The van der Waals surface area contributed by atoms with Crippen molar-refractivity contribution >= 4 is 17.7 Å². The normalized spacial score (nSPS) is 18.6. The van der Waals surface area contributed by atoms with Crippen LogP contribution in [0, 0.1) is 6.92 Å². The molecule has 0 spiro atoms. The summed E-state index contributed by atoms with van der Waals surface area (Å²) < 4.78 is 16.2. The van der Waals surface area contributed by atoms with Gasteiger partial charge in [0.1, 0.15) is 5.76 Å². The molecule has 0 saturated carbocycles. The van der Waals surface area contributed by atoms with Crippen molar-refractivity contribution in [2.45, 2.75) is 25.2 Å². The maximum absolute atomic E-state index is 12.2. The van der Waals surface area contributed by atoms with Crippen LogP contribution < -0.4 is 0 Å². The van der Waals surface area contributed by atoms with E-state index in [0.717, 1.165) is 11.3 Å². The first-order valence-corrected chi connectivity index (χ1v) is 8.02. The molecule has 0 radical (unpaired) electrons. The number of hydrogen-bond donors (Lipinski definition) is 0. The van der Waals surface area contributed by atoms with Gasteiger partial charge in [0.25, 0.3) is 11.1 Å². The third kappa shape index (κ3) is 3.33. The third-order valence-electron chi connectivity index (χ3n) is 3.41. The fourth-order valence-corrected chi connectivity index (χ4v) is 2.91. The Morgan fingerprint density at radius 1 is 1.50 bits per heavy atom. The van der Waals surface area contributed by atoms with Gasteiger partial charge < -0.3 is 18.5 Å². The molecular formula is C14H17N3O4S. The number of carbonyl (C=O) groups is 1.